The maximum absolute atomic E-state index is 12.6. The van der Waals surface area contributed by atoms with Gasteiger partial charge in [-0.2, -0.15) is 4.31 Å². The number of aliphatic hydroxyl groups excluding tert-OH is 1. The second-order valence-electron chi connectivity index (χ2n) is 4.27. The lowest BCUT2D eigenvalue weighted by atomic mass is 10.2. The molecule has 0 aliphatic carbocycles. The Kier molecular flexibility index (Phi) is 6.26. The molecule has 0 saturated heterocycles. The largest absolute Gasteiger partial charge is 0.395 e. The SMILES string of the molecule is CCC(CC)N(CCO)S(=O)(=O)c1cccc(Cl)c1. The van der Waals surface area contributed by atoms with Gasteiger partial charge >= 0.3 is 0 Å². The fourth-order valence-corrected chi connectivity index (χ4v) is 4.12. The normalized spacial score (nSPS) is 12.3. The molecule has 0 spiro atoms. The standard InChI is InChI=1S/C13H20ClNO3S/c1-3-12(4-2)15(8-9-16)19(17,18)13-7-5-6-11(14)10-13/h5-7,10,12,16H,3-4,8-9H2,1-2H3. The zero-order valence-electron chi connectivity index (χ0n) is 11.2. The maximum atomic E-state index is 12.6. The van der Waals surface area contributed by atoms with Crippen molar-refractivity contribution in [2.75, 3.05) is 13.2 Å². The maximum Gasteiger partial charge on any atom is 0.243 e. The minimum absolute atomic E-state index is 0.0984. The van der Waals surface area contributed by atoms with Crippen LogP contribution in [0.5, 0.6) is 0 Å². The van der Waals surface area contributed by atoms with Crippen molar-refractivity contribution in [2.24, 2.45) is 0 Å². The van der Waals surface area contributed by atoms with Crippen molar-refractivity contribution in [1.82, 2.24) is 4.31 Å². The van der Waals surface area contributed by atoms with Crippen LogP contribution < -0.4 is 0 Å². The average Bonchev–Trinajstić information content (AvgIpc) is 2.39. The Bertz CT molecular complexity index is 500. The van der Waals surface area contributed by atoms with Crippen molar-refractivity contribution in [3.05, 3.63) is 29.3 Å². The molecule has 0 aliphatic heterocycles. The van der Waals surface area contributed by atoms with Crippen LogP contribution in [0.2, 0.25) is 5.02 Å². The van der Waals surface area contributed by atoms with E-state index in [-0.39, 0.29) is 24.1 Å². The van der Waals surface area contributed by atoms with Gasteiger partial charge in [-0.15, -0.1) is 0 Å². The van der Waals surface area contributed by atoms with Crippen molar-refractivity contribution >= 4 is 21.6 Å². The molecule has 0 bridgehead atoms. The summed E-state index contributed by atoms with van der Waals surface area (Å²) in [5.74, 6) is 0. The first-order chi connectivity index (χ1) is 8.97. The van der Waals surface area contributed by atoms with E-state index in [4.69, 9.17) is 16.7 Å². The Labute approximate surface area is 120 Å². The van der Waals surface area contributed by atoms with E-state index in [1.165, 1.54) is 16.4 Å². The van der Waals surface area contributed by atoms with Crippen LogP contribution in [0.3, 0.4) is 0 Å². The van der Waals surface area contributed by atoms with Crippen molar-refractivity contribution in [1.29, 1.82) is 0 Å². The Balaban J connectivity index is 3.19. The van der Waals surface area contributed by atoms with Crippen LogP contribution >= 0.6 is 11.6 Å². The van der Waals surface area contributed by atoms with Gasteiger partial charge in [-0.05, 0) is 31.0 Å². The van der Waals surface area contributed by atoms with E-state index in [0.717, 1.165) is 0 Å². The second kappa shape index (κ2) is 7.24. The van der Waals surface area contributed by atoms with Crippen molar-refractivity contribution < 1.29 is 13.5 Å². The third-order valence-electron chi connectivity index (χ3n) is 3.07. The third kappa shape index (κ3) is 3.92. The molecule has 19 heavy (non-hydrogen) atoms. The lowest BCUT2D eigenvalue weighted by Crippen LogP contribution is -2.41. The van der Waals surface area contributed by atoms with E-state index in [1.54, 1.807) is 12.1 Å². The van der Waals surface area contributed by atoms with Crippen LogP contribution in [0.15, 0.2) is 29.2 Å². The first kappa shape index (κ1) is 16.4. The molecule has 0 fully saturated rings. The zero-order valence-corrected chi connectivity index (χ0v) is 12.8. The highest BCUT2D eigenvalue weighted by Crippen LogP contribution is 2.23. The number of sulfonamides is 1. The summed E-state index contributed by atoms with van der Waals surface area (Å²) in [5, 5.41) is 9.49. The number of hydrogen-bond donors (Lipinski definition) is 1. The van der Waals surface area contributed by atoms with Crippen molar-refractivity contribution in [3.63, 3.8) is 0 Å². The Morgan fingerprint density at radius 1 is 1.32 bits per heavy atom. The lowest BCUT2D eigenvalue weighted by Gasteiger charge is -2.29. The Morgan fingerprint density at radius 2 is 1.95 bits per heavy atom. The molecule has 108 valence electrons. The summed E-state index contributed by atoms with van der Waals surface area (Å²) in [7, 11) is -3.62. The van der Waals surface area contributed by atoms with Crippen LogP contribution in [0, 0.1) is 0 Å². The molecular formula is C13H20ClNO3S. The summed E-state index contributed by atoms with van der Waals surface area (Å²) >= 11 is 5.85. The van der Waals surface area contributed by atoms with E-state index in [2.05, 4.69) is 0 Å². The number of aliphatic hydroxyl groups is 1. The monoisotopic (exact) mass is 305 g/mol. The summed E-state index contributed by atoms with van der Waals surface area (Å²) < 4.78 is 26.5. The molecule has 1 aromatic carbocycles. The van der Waals surface area contributed by atoms with Gasteiger partial charge in [0, 0.05) is 17.6 Å². The van der Waals surface area contributed by atoms with Gasteiger partial charge in [-0.25, -0.2) is 8.42 Å². The van der Waals surface area contributed by atoms with E-state index in [0.29, 0.717) is 17.9 Å². The number of nitrogens with zero attached hydrogens (tertiary/aromatic N) is 1. The molecule has 0 unspecified atom stereocenters. The number of hydrogen-bond acceptors (Lipinski definition) is 3. The molecule has 6 heteroatoms. The Morgan fingerprint density at radius 3 is 2.42 bits per heavy atom. The molecular weight excluding hydrogens is 286 g/mol. The van der Waals surface area contributed by atoms with E-state index in [9.17, 15) is 8.42 Å². The smallest absolute Gasteiger partial charge is 0.243 e. The molecule has 0 atom stereocenters. The molecule has 1 N–H and O–H groups in total. The molecule has 0 aliphatic rings. The number of benzene rings is 1. The van der Waals surface area contributed by atoms with E-state index >= 15 is 0 Å². The van der Waals surface area contributed by atoms with Gasteiger partial charge < -0.3 is 5.11 Å². The van der Waals surface area contributed by atoms with Crippen LogP contribution in [0.4, 0.5) is 0 Å². The third-order valence-corrected chi connectivity index (χ3v) is 5.26. The molecule has 0 saturated carbocycles. The molecule has 4 nitrogen and oxygen atoms in total. The Hall–Kier alpha value is -0.620. The van der Waals surface area contributed by atoms with Gasteiger partial charge in [0.25, 0.3) is 0 Å². The van der Waals surface area contributed by atoms with E-state index < -0.39 is 10.0 Å². The molecule has 1 rings (SSSR count). The fraction of sp³-hybridized carbons (Fsp3) is 0.538. The molecule has 0 aromatic heterocycles. The van der Waals surface area contributed by atoms with Gasteiger partial charge in [0.15, 0.2) is 0 Å². The molecule has 0 heterocycles. The lowest BCUT2D eigenvalue weighted by molar-refractivity contribution is 0.219. The van der Waals surface area contributed by atoms with Crippen molar-refractivity contribution in [2.45, 2.75) is 37.6 Å². The minimum atomic E-state index is -3.62. The molecule has 0 radical (unpaired) electrons. The average molecular weight is 306 g/mol. The van der Waals surface area contributed by atoms with Gasteiger partial charge in [-0.3, -0.25) is 0 Å². The summed E-state index contributed by atoms with van der Waals surface area (Å²) in [6.07, 6.45) is 1.41. The predicted octanol–water partition coefficient (Wildman–Crippen LogP) is 2.51. The van der Waals surface area contributed by atoms with Crippen LogP contribution in [-0.4, -0.2) is 37.0 Å². The van der Waals surface area contributed by atoms with Crippen LogP contribution in [0.25, 0.3) is 0 Å². The van der Waals surface area contributed by atoms with Crippen LogP contribution in [0.1, 0.15) is 26.7 Å². The van der Waals surface area contributed by atoms with Gasteiger partial charge in [-0.1, -0.05) is 31.5 Å². The fourth-order valence-electron chi connectivity index (χ4n) is 2.06. The second-order valence-corrected chi connectivity index (χ2v) is 6.59. The van der Waals surface area contributed by atoms with Crippen LogP contribution in [-0.2, 0) is 10.0 Å². The zero-order chi connectivity index (χ0) is 14.5. The molecule has 1 aromatic rings. The first-order valence-electron chi connectivity index (χ1n) is 6.35. The predicted molar refractivity (Wildman–Crippen MR) is 76.8 cm³/mol. The topological polar surface area (TPSA) is 57.6 Å². The minimum Gasteiger partial charge on any atom is -0.395 e. The molecule has 0 amide bonds. The van der Waals surface area contributed by atoms with Gasteiger partial charge in [0.05, 0.1) is 11.5 Å². The first-order valence-corrected chi connectivity index (χ1v) is 8.17. The van der Waals surface area contributed by atoms with Crippen molar-refractivity contribution in [3.8, 4) is 0 Å². The van der Waals surface area contributed by atoms with E-state index in [1.807, 2.05) is 13.8 Å². The quantitative estimate of drug-likeness (QED) is 0.842. The number of halogens is 1. The highest BCUT2D eigenvalue weighted by atomic mass is 35.5. The van der Waals surface area contributed by atoms with Gasteiger partial charge in [0.1, 0.15) is 0 Å². The number of rotatable bonds is 7. The summed E-state index contributed by atoms with van der Waals surface area (Å²) in [6.45, 7) is 3.77. The summed E-state index contributed by atoms with van der Waals surface area (Å²) in [4.78, 5) is 0.167. The summed E-state index contributed by atoms with van der Waals surface area (Å²) in [5.41, 5.74) is 0. The van der Waals surface area contributed by atoms with Gasteiger partial charge in [0.2, 0.25) is 10.0 Å². The summed E-state index contributed by atoms with van der Waals surface area (Å²) in [6, 6.07) is 6.08. The highest BCUT2D eigenvalue weighted by molar-refractivity contribution is 7.89. The highest BCUT2D eigenvalue weighted by Gasteiger charge is 2.29.